The van der Waals surface area contributed by atoms with E-state index >= 15 is 0 Å². The normalized spacial score (nSPS) is 27.3. The maximum Gasteiger partial charge on any atom is 0.249 e. The average molecular weight is 319 g/mol. The van der Waals surface area contributed by atoms with E-state index in [1.54, 1.807) is 18.1 Å². The van der Waals surface area contributed by atoms with Crippen LogP contribution in [-0.2, 0) is 9.59 Å². The Morgan fingerprint density at radius 3 is 2.91 bits per heavy atom. The molecule has 124 valence electrons. The lowest BCUT2D eigenvalue weighted by atomic mass is 10.1. The number of aliphatic hydroxyl groups is 1. The van der Waals surface area contributed by atoms with Crippen LogP contribution in [-0.4, -0.2) is 55.3 Å². The number of carbonyl (C=O) groups excluding carboxylic acids is 2. The summed E-state index contributed by atoms with van der Waals surface area (Å²) in [5, 5.41) is 15.2. The second kappa shape index (κ2) is 6.55. The molecular weight excluding hydrogens is 298 g/mol. The first kappa shape index (κ1) is 15.8. The molecule has 7 heteroatoms. The van der Waals surface area contributed by atoms with Gasteiger partial charge in [0.05, 0.1) is 24.9 Å². The van der Waals surface area contributed by atoms with Gasteiger partial charge in [0.2, 0.25) is 11.8 Å². The smallest absolute Gasteiger partial charge is 0.249 e. The Labute approximate surface area is 134 Å². The molecule has 0 aromatic heterocycles. The molecule has 2 saturated heterocycles. The first-order valence-corrected chi connectivity index (χ1v) is 7.76. The third-order valence-electron chi connectivity index (χ3n) is 4.32. The topological polar surface area (TPSA) is 90.9 Å². The molecule has 2 heterocycles. The van der Waals surface area contributed by atoms with Gasteiger partial charge >= 0.3 is 0 Å². The van der Waals surface area contributed by atoms with Crippen molar-refractivity contribution in [3.63, 3.8) is 0 Å². The van der Waals surface area contributed by atoms with Crippen molar-refractivity contribution in [1.29, 1.82) is 0 Å². The number of hydrogen-bond donors (Lipinski definition) is 3. The summed E-state index contributed by atoms with van der Waals surface area (Å²) in [6, 6.07) is 6.36. The highest BCUT2D eigenvalue weighted by molar-refractivity contribution is 6.02. The van der Waals surface area contributed by atoms with E-state index in [9.17, 15) is 14.7 Å². The number of para-hydroxylation sites is 2. The lowest BCUT2D eigenvalue weighted by Gasteiger charge is -2.20. The van der Waals surface area contributed by atoms with Gasteiger partial charge in [-0.1, -0.05) is 12.1 Å². The summed E-state index contributed by atoms with van der Waals surface area (Å²) in [6.07, 6.45) is 0.427. The molecule has 23 heavy (non-hydrogen) atoms. The van der Waals surface area contributed by atoms with Gasteiger partial charge < -0.3 is 25.4 Å². The fraction of sp³-hybridized carbons (Fsp3) is 0.500. The van der Waals surface area contributed by atoms with Crippen LogP contribution < -0.4 is 20.3 Å². The van der Waals surface area contributed by atoms with Crippen molar-refractivity contribution in [3.05, 3.63) is 24.3 Å². The number of amides is 2. The fourth-order valence-electron chi connectivity index (χ4n) is 3.09. The van der Waals surface area contributed by atoms with Crippen molar-refractivity contribution in [3.8, 4) is 5.75 Å². The molecule has 3 atom stereocenters. The summed E-state index contributed by atoms with van der Waals surface area (Å²) in [5.74, 6) is 0.261. The third kappa shape index (κ3) is 3.16. The predicted octanol–water partition coefficient (Wildman–Crippen LogP) is -0.360. The van der Waals surface area contributed by atoms with Gasteiger partial charge in [0.15, 0.2) is 0 Å². The van der Waals surface area contributed by atoms with Gasteiger partial charge in [-0.3, -0.25) is 9.59 Å². The quantitative estimate of drug-likeness (QED) is 0.705. The van der Waals surface area contributed by atoms with Crippen molar-refractivity contribution in [2.75, 3.05) is 25.1 Å². The minimum Gasteiger partial charge on any atom is -0.495 e. The fourth-order valence-corrected chi connectivity index (χ4v) is 3.09. The molecule has 3 N–H and O–H groups in total. The van der Waals surface area contributed by atoms with Gasteiger partial charge in [-0.25, -0.2) is 0 Å². The molecule has 1 aromatic rings. The van der Waals surface area contributed by atoms with Gasteiger partial charge in [0, 0.05) is 13.1 Å². The highest BCUT2D eigenvalue weighted by Gasteiger charge is 2.37. The number of benzene rings is 1. The molecule has 0 bridgehead atoms. The summed E-state index contributed by atoms with van der Waals surface area (Å²) in [5.41, 5.74) is 0.714. The van der Waals surface area contributed by atoms with Gasteiger partial charge in [0.1, 0.15) is 11.8 Å². The molecule has 3 rings (SSSR count). The standard InChI is InChI=1S/C16H21N3O4/c1-23-14-5-3-2-4-13(14)19-7-6-11(16(19)22)18-15(21)12-8-10(20)9-17-12/h2-5,10-12,17,20H,6-9H2,1H3,(H,18,21). The van der Waals surface area contributed by atoms with E-state index in [1.807, 2.05) is 18.2 Å². The molecule has 2 amide bonds. The Bertz CT molecular complexity index is 607. The first-order valence-electron chi connectivity index (χ1n) is 7.76. The van der Waals surface area contributed by atoms with E-state index in [1.165, 1.54) is 0 Å². The Kier molecular flexibility index (Phi) is 4.49. The van der Waals surface area contributed by atoms with Crippen LogP contribution in [0.3, 0.4) is 0 Å². The van der Waals surface area contributed by atoms with E-state index in [0.717, 1.165) is 0 Å². The molecule has 2 fully saturated rings. The van der Waals surface area contributed by atoms with Crippen molar-refractivity contribution in [2.45, 2.75) is 31.0 Å². The molecule has 3 unspecified atom stereocenters. The summed E-state index contributed by atoms with van der Waals surface area (Å²) in [6.45, 7) is 0.939. The number of rotatable bonds is 4. The number of anilines is 1. The van der Waals surface area contributed by atoms with Crippen molar-refractivity contribution in [1.82, 2.24) is 10.6 Å². The van der Waals surface area contributed by atoms with Gasteiger partial charge in [0.25, 0.3) is 0 Å². The van der Waals surface area contributed by atoms with Crippen LogP contribution >= 0.6 is 0 Å². The lowest BCUT2D eigenvalue weighted by Crippen LogP contribution is -2.48. The monoisotopic (exact) mass is 319 g/mol. The van der Waals surface area contributed by atoms with Crippen LogP contribution in [0.4, 0.5) is 5.69 Å². The Morgan fingerprint density at radius 1 is 1.43 bits per heavy atom. The van der Waals surface area contributed by atoms with E-state index < -0.39 is 18.2 Å². The second-order valence-corrected chi connectivity index (χ2v) is 5.86. The first-order chi connectivity index (χ1) is 11.1. The second-order valence-electron chi connectivity index (χ2n) is 5.86. The van der Waals surface area contributed by atoms with E-state index in [2.05, 4.69) is 10.6 Å². The van der Waals surface area contributed by atoms with Gasteiger partial charge in [-0.2, -0.15) is 0 Å². The van der Waals surface area contributed by atoms with E-state index in [-0.39, 0.29) is 11.8 Å². The third-order valence-corrected chi connectivity index (χ3v) is 4.32. The van der Waals surface area contributed by atoms with E-state index in [0.29, 0.717) is 37.4 Å². The summed E-state index contributed by atoms with van der Waals surface area (Å²) in [7, 11) is 1.57. The number of nitrogens with one attached hydrogen (secondary N) is 2. The van der Waals surface area contributed by atoms with E-state index in [4.69, 9.17) is 4.74 Å². The number of carbonyl (C=O) groups is 2. The Hall–Kier alpha value is -2.12. The summed E-state index contributed by atoms with van der Waals surface area (Å²) in [4.78, 5) is 26.4. The van der Waals surface area contributed by atoms with Gasteiger partial charge in [-0.15, -0.1) is 0 Å². The van der Waals surface area contributed by atoms with Crippen molar-refractivity contribution >= 4 is 17.5 Å². The minimum absolute atomic E-state index is 0.138. The zero-order chi connectivity index (χ0) is 16.4. The zero-order valence-electron chi connectivity index (χ0n) is 13.0. The maximum absolute atomic E-state index is 12.6. The van der Waals surface area contributed by atoms with Crippen LogP contribution in [0.1, 0.15) is 12.8 Å². The molecule has 2 aliphatic rings. The number of aliphatic hydroxyl groups excluding tert-OH is 1. The van der Waals surface area contributed by atoms with Crippen LogP contribution in [0.25, 0.3) is 0 Å². The van der Waals surface area contributed by atoms with Crippen LogP contribution in [0.15, 0.2) is 24.3 Å². The maximum atomic E-state index is 12.6. The van der Waals surface area contributed by atoms with Gasteiger partial charge in [-0.05, 0) is 25.0 Å². The largest absolute Gasteiger partial charge is 0.495 e. The number of hydrogen-bond acceptors (Lipinski definition) is 5. The van der Waals surface area contributed by atoms with Crippen LogP contribution in [0.5, 0.6) is 5.75 Å². The minimum atomic E-state index is -0.535. The SMILES string of the molecule is COc1ccccc1N1CCC(NC(=O)C2CC(O)CN2)C1=O. The lowest BCUT2D eigenvalue weighted by molar-refractivity contribution is -0.127. The van der Waals surface area contributed by atoms with Crippen molar-refractivity contribution < 1.29 is 19.4 Å². The number of methoxy groups -OCH3 is 1. The van der Waals surface area contributed by atoms with Crippen LogP contribution in [0.2, 0.25) is 0 Å². The predicted molar refractivity (Wildman–Crippen MR) is 84.3 cm³/mol. The average Bonchev–Trinajstić information content (AvgIpc) is 3.14. The Morgan fingerprint density at radius 2 is 2.22 bits per heavy atom. The summed E-state index contributed by atoms with van der Waals surface area (Å²) >= 11 is 0. The van der Waals surface area contributed by atoms with Crippen molar-refractivity contribution in [2.24, 2.45) is 0 Å². The highest BCUT2D eigenvalue weighted by Crippen LogP contribution is 2.31. The molecule has 1 aromatic carbocycles. The molecule has 2 aliphatic heterocycles. The molecule has 0 radical (unpaired) electrons. The molecule has 0 saturated carbocycles. The van der Waals surface area contributed by atoms with Crippen LogP contribution in [0, 0.1) is 0 Å². The summed E-state index contributed by atoms with van der Waals surface area (Å²) < 4.78 is 5.30. The zero-order valence-corrected chi connectivity index (χ0v) is 13.0. The molecular formula is C16H21N3O4. The number of ether oxygens (including phenoxy) is 1. The molecule has 7 nitrogen and oxygen atoms in total. The Balaban J connectivity index is 1.66. The highest BCUT2D eigenvalue weighted by atomic mass is 16.5. The molecule has 0 spiro atoms. The number of β-amino-alcohol motifs (C(OH)–C–C–N with tert-alkyl or cyclic N) is 1. The number of nitrogens with zero attached hydrogens (tertiary/aromatic N) is 1. The molecule has 0 aliphatic carbocycles.